The summed E-state index contributed by atoms with van der Waals surface area (Å²) in [6.45, 7) is 0. The van der Waals surface area contributed by atoms with Gasteiger partial charge in [0.1, 0.15) is 0 Å². The van der Waals surface area contributed by atoms with Crippen molar-refractivity contribution >= 4 is 45.0 Å². The number of hydrogen-bond donors (Lipinski definition) is 1. The fraction of sp³-hybridized carbons (Fsp3) is 0. The molecule has 0 bridgehead atoms. The molecule has 25 heavy (non-hydrogen) atoms. The zero-order valence-electron chi connectivity index (χ0n) is 12.6. The number of aromatic nitrogens is 3. The number of nitrogens with two attached hydrogens (primary N) is 1. The summed E-state index contributed by atoms with van der Waals surface area (Å²) in [6.07, 6.45) is 3.02. The molecule has 4 aromatic rings. The van der Waals surface area contributed by atoms with E-state index in [1.54, 1.807) is 36.5 Å². The van der Waals surface area contributed by atoms with Crippen molar-refractivity contribution in [3.63, 3.8) is 0 Å². The molecule has 4 rings (SSSR count). The van der Waals surface area contributed by atoms with Gasteiger partial charge in [-0.25, -0.2) is 9.66 Å². The van der Waals surface area contributed by atoms with Crippen LogP contribution in [-0.4, -0.2) is 14.2 Å². The molecule has 8 heteroatoms. The molecule has 3 heterocycles. The predicted molar refractivity (Wildman–Crippen MR) is 99.3 cm³/mol. The minimum Gasteiger partial charge on any atom is -0.336 e. The summed E-state index contributed by atoms with van der Waals surface area (Å²) in [4.78, 5) is 29.4. The van der Waals surface area contributed by atoms with E-state index in [4.69, 9.17) is 29.0 Å². The number of pyridine rings is 3. The Morgan fingerprint density at radius 3 is 2.12 bits per heavy atom. The zero-order chi connectivity index (χ0) is 17.7. The second-order valence-electron chi connectivity index (χ2n) is 5.50. The Bertz CT molecular complexity index is 1260. The van der Waals surface area contributed by atoms with Crippen LogP contribution in [0.15, 0.2) is 58.4 Å². The van der Waals surface area contributed by atoms with Crippen LogP contribution >= 0.6 is 23.2 Å². The van der Waals surface area contributed by atoms with Crippen molar-refractivity contribution in [2.24, 2.45) is 0 Å². The molecule has 3 aromatic heterocycles. The van der Waals surface area contributed by atoms with E-state index >= 15 is 0 Å². The third kappa shape index (κ3) is 2.56. The van der Waals surface area contributed by atoms with Crippen LogP contribution in [0.4, 0.5) is 0 Å². The molecular weight excluding hydrogens is 363 g/mol. The second kappa shape index (κ2) is 5.61. The van der Waals surface area contributed by atoms with Gasteiger partial charge < -0.3 is 5.84 Å². The molecule has 0 atom stereocenters. The molecule has 124 valence electrons. The third-order valence-corrected chi connectivity index (χ3v) is 4.33. The van der Waals surface area contributed by atoms with E-state index < -0.39 is 5.56 Å². The van der Waals surface area contributed by atoms with Crippen LogP contribution in [0.3, 0.4) is 0 Å². The van der Waals surface area contributed by atoms with E-state index in [1.165, 1.54) is 16.8 Å². The first kappa shape index (κ1) is 15.7. The summed E-state index contributed by atoms with van der Waals surface area (Å²) >= 11 is 12.0. The summed E-state index contributed by atoms with van der Waals surface area (Å²) in [5, 5.41) is 1.40. The molecule has 0 saturated heterocycles. The predicted octanol–water partition coefficient (Wildman–Crippen LogP) is 2.72. The minimum atomic E-state index is -0.424. The van der Waals surface area contributed by atoms with Gasteiger partial charge in [-0.1, -0.05) is 23.2 Å². The first-order chi connectivity index (χ1) is 11.9. The van der Waals surface area contributed by atoms with Crippen LogP contribution in [0.5, 0.6) is 0 Å². The van der Waals surface area contributed by atoms with Gasteiger partial charge in [0.25, 0.3) is 11.1 Å². The summed E-state index contributed by atoms with van der Waals surface area (Å²) in [5.74, 6) is 5.59. The lowest BCUT2D eigenvalue weighted by Gasteiger charge is -2.09. The summed E-state index contributed by atoms with van der Waals surface area (Å²) in [5.41, 5.74) is 0.719. The van der Waals surface area contributed by atoms with Crippen LogP contribution in [-0.2, 0) is 0 Å². The standard InChI is InChI=1S/C17H10Cl2N4O2/c18-9-5-10(19)7-11(6-9)22-3-1-14-12(16(22)24)8-13-15(21-14)2-4-23(20)17(13)25/h1-8H,20H2. The molecule has 6 nitrogen and oxygen atoms in total. The van der Waals surface area contributed by atoms with Crippen LogP contribution in [0, 0.1) is 0 Å². The average Bonchev–Trinajstić information content (AvgIpc) is 2.57. The van der Waals surface area contributed by atoms with Gasteiger partial charge in [-0.3, -0.25) is 14.2 Å². The Kier molecular flexibility index (Phi) is 3.52. The number of nitrogen functional groups attached to an aromatic ring is 1. The van der Waals surface area contributed by atoms with Gasteiger partial charge in [-0.2, -0.15) is 0 Å². The first-order valence-electron chi connectivity index (χ1n) is 7.23. The minimum absolute atomic E-state index is 0.275. The van der Waals surface area contributed by atoms with Crippen molar-refractivity contribution in [2.75, 3.05) is 5.84 Å². The fourth-order valence-electron chi connectivity index (χ4n) is 2.72. The molecule has 0 aliphatic rings. The molecule has 0 radical (unpaired) electrons. The lowest BCUT2D eigenvalue weighted by Crippen LogP contribution is -2.26. The van der Waals surface area contributed by atoms with E-state index in [9.17, 15) is 9.59 Å². The largest absolute Gasteiger partial charge is 0.336 e. The van der Waals surface area contributed by atoms with Crippen molar-refractivity contribution in [1.82, 2.24) is 14.2 Å². The molecule has 0 saturated carbocycles. The molecule has 0 spiro atoms. The number of nitrogens with zero attached hydrogens (tertiary/aromatic N) is 3. The van der Waals surface area contributed by atoms with Crippen LogP contribution in [0.2, 0.25) is 10.0 Å². The van der Waals surface area contributed by atoms with Crippen LogP contribution in [0.25, 0.3) is 27.5 Å². The number of halogens is 2. The average molecular weight is 373 g/mol. The Balaban J connectivity index is 2.07. The molecule has 0 fully saturated rings. The third-order valence-electron chi connectivity index (χ3n) is 3.90. The fourth-order valence-corrected chi connectivity index (χ4v) is 3.24. The van der Waals surface area contributed by atoms with Crippen LogP contribution in [0.1, 0.15) is 0 Å². The highest BCUT2D eigenvalue weighted by atomic mass is 35.5. The van der Waals surface area contributed by atoms with Crippen molar-refractivity contribution in [3.8, 4) is 5.69 Å². The quantitative estimate of drug-likeness (QED) is 0.411. The smallest absolute Gasteiger partial charge is 0.278 e. The maximum atomic E-state index is 12.9. The van der Waals surface area contributed by atoms with Crippen molar-refractivity contribution < 1.29 is 0 Å². The normalized spacial score (nSPS) is 11.3. The van der Waals surface area contributed by atoms with Gasteiger partial charge in [-0.15, -0.1) is 0 Å². The van der Waals surface area contributed by atoms with E-state index in [0.29, 0.717) is 32.2 Å². The highest BCUT2D eigenvalue weighted by molar-refractivity contribution is 6.34. The number of rotatable bonds is 1. The SMILES string of the molecule is Nn1ccc2nc3ccn(-c4cc(Cl)cc(Cl)c4)c(=O)c3cc2c1=O. The zero-order valence-corrected chi connectivity index (χ0v) is 14.1. The van der Waals surface area contributed by atoms with Crippen LogP contribution < -0.4 is 17.0 Å². The highest BCUT2D eigenvalue weighted by Gasteiger charge is 2.11. The summed E-state index contributed by atoms with van der Waals surface area (Å²) in [6, 6.07) is 9.66. The van der Waals surface area contributed by atoms with Gasteiger partial charge in [0.05, 0.1) is 27.5 Å². The van der Waals surface area contributed by atoms with Gasteiger partial charge in [0, 0.05) is 22.4 Å². The van der Waals surface area contributed by atoms with E-state index in [-0.39, 0.29) is 10.9 Å². The summed E-state index contributed by atoms with van der Waals surface area (Å²) < 4.78 is 2.35. The molecule has 0 aliphatic heterocycles. The van der Waals surface area contributed by atoms with Crippen molar-refractivity contribution in [2.45, 2.75) is 0 Å². The molecular formula is C17H10Cl2N4O2. The lowest BCUT2D eigenvalue weighted by molar-refractivity contribution is 0.951. The monoisotopic (exact) mass is 372 g/mol. The van der Waals surface area contributed by atoms with E-state index in [2.05, 4.69) is 4.98 Å². The second-order valence-corrected chi connectivity index (χ2v) is 6.37. The van der Waals surface area contributed by atoms with E-state index in [1.807, 2.05) is 0 Å². The molecule has 0 unspecified atom stereocenters. The van der Waals surface area contributed by atoms with Gasteiger partial charge in [-0.05, 0) is 36.4 Å². The first-order valence-corrected chi connectivity index (χ1v) is 7.99. The van der Waals surface area contributed by atoms with Crippen molar-refractivity contribution in [1.29, 1.82) is 0 Å². The highest BCUT2D eigenvalue weighted by Crippen LogP contribution is 2.22. The molecule has 0 amide bonds. The molecule has 1 aromatic carbocycles. The maximum absolute atomic E-state index is 12.9. The Morgan fingerprint density at radius 1 is 0.840 bits per heavy atom. The number of benzene rings is 1. The number of fused-ring (bicyclic) bond motifs is 2. The number of hydrogen-bond acceptors (Lipinski definition) is 4. The van der Waals surface area contributed by atoms with Gasteiger partial charge in [0.15, 0.2) is 0 Å². The molecule has 2 N–H and O–H groups in total. The Morgan fingerprint density at radius 2 is 1.44 bits per heavy atom. The van der Waals surface area contributed by atoms with Gasteiger partial charge in [0.2, 0.25) is 0 Å². The maximum Gasteiger partial charge on any atom is 0.278 e. The Hall–Kier alpha value is -2.83. The Labute approximate surface area is 150 Å². The lowest BCUT2D eigenvalue weighted by atomic mass is 10.2. The van der Waals surface area contributed by atoms with Gasteiger partial charge >= 0.3 is 0 Å². The molecule has 0 aliphatic carbocycles. The topological polar surface area (TPSA) is 82.9 Å². The van der Waals surface area contributed by atoms with E-state index in [0.717, 1.165) is 4.68 Å². The van der Waals surface area contributed by atoms with Crippen molar-refractivity contribution in [3.05, 3.63) is 79.5 Å². The summed E-state index contributed by atoms with van der Waals surface area (Å²) in [7, 11) is 0.